The second kappa shape index (κ2) is 15.3. The number of aliphatic hydroxyl groups excluding tert-OH is 1. The number of carbonyl (C=O) groups is 2. The van der Waals surface area contributed by atoms with E-state index in [1.54, 1.807) is 0 Å². The van der Waals surface area contributed by atoms with Crippen molar-refractivity contribution in [2.45, 2.75) is 95.2 Å². The standard InChI is InChI=1S/C37H47N3O3/c1-2-12-28-21-31(24-33(22-28)40-26-30(19-20-36(40)42)29-15-8-4-9-16-29)37(43)39-34(23-27-13-6-3-7-14-27)35(41)25-38-32-17-10-5-11-18-32/h3-4,6-9,13-16,21-22,24,30,32,34-35,38,41H,2,5,10-12,17-20,23,25-26H2,1H3,(H,39,43)/t30?,34-,35+/m0/s1. The zero-order valence-corrected chi connectivity index (χ0v) is 25.5. The quantitative estimate of drug-likeness (QED) is 0.239. The van der Waals surface area contributed by atoms with Crippen LogP contribution in [-0.4, -0.2) is 48.2 Å². The summed E-state index contributed by atoms with van der Waals surface area (Å²) in [5, 5.41) is 18.1. The highest BCUT2D eigenvalue weighted by atomic mass is 16.3. The van der Waals surface area contributed by atoms with E-state index in [4.69, 9.17) is 0 Å². The molecule has 1 unspecified atom stereocenters. The van der Waals surface area contributed by atoms with Gasteiger partial charge in [-0.15, -0.1) is 0 Å². The first-order valence-electron chi connectivity index (χ1n) is 16.3. The maximum Gasteiger partial charge on any atom is 0.251 e. The summed E-state index contributed by atoms with van der Waals surface area (Å²) in [6.45, 7) is 3.16. The molecule has 1 heterocycles. The van der Waals surface area contributed by atoms with E-state index in [1.165, 1.54) is 24.8 Å². The Morgan fingerprint density at radius 1 is 0.930 bits per heavy atom. The second-order valence-corrected chi connectivity index (χ2v) is 12.4. The Morgan fingerprint density at radius 2 is 1.65 bits per heavy atom. The zero-order chi connectivity index (χ0) is 30.0. The monoisotopic (exact) mass is 581 g/mol. The van der Waals surface area contributed by atoms with E-state index >= 15 is 0 Å². The summed E-state index contributed by atoms with van der Waals surface area (Å²) in [7, 11) is 0. The molecule has 2 amide bonds. The number of benzene rings is 3. The lowest BCUT2D eigenvalue weighted by atomic mass is 9.89. The topological polar surface area (TPSA) is 81.7 Å². The molecular weight excluding hydrogens is 534 g/mol. The number of anilines is 1. The molecule has 1 aliphatic carbocycles. The van der Waals surface area contributed by atoms with Gasteiger partial charge in [-0.2, -0.15) is 0 Å². The van der Waals surface area contributed by atoms with E-state index in [1.807, 2.05) is 65.6 Å². The van der Waals surface area contributed by atoms with Gasteiger partial charge in [0.1, 0.15) is 0 Å². The Kier molecular flexibility index (Phi) is 11.0. The SMILES string of the molecule is CCCc1cc(C(=O)N[C@@H](Cc2ccccc2)[C@H](O)CNC2CCCCC2)cc(N2CC(c3ccccc3)CCC2=O)c1. The van der Waals surface area contributed by atoms with Crippen molar-refractivity contribution in [3.05, 3.63) is 101 Å². The first-order valence-corrected chi connectivity index (χ1v) is 16.3. The van der Waals surface area contributed by atoms with Crippen LogP contribution in [0.4, 0.5) is 5.69 Å². The highest BCUT2D eigenvalue weighted by molar-refractivity contribution is 5.99. The maximum absolute atomic E-state index is 13.9. The van der Waals surface area contributed by atoms with Crippen LogP contribution < -0.4 is 15.5 Å². The highest BCUT2D eigenvalue weighted by Gasteiger charge is 2.29. The van der Waals surface area contributed by atoms with Crippen LogP contribution in [0.25, 0.3) is 0 Å². The van der Waals surface area contributed by atoms with Gasteiger partial charge < -0.3 is 20.6 Å². The Balaban J connectivity index is 1.36. The molecule has 2 aliphatic rings. The second-order valence-electron chi connectivity index (χ2n) is 12.4. The molecule has 43 heavy (non-hydrogen) atoms. The van der Waals surface area contributed by atoms with Crippen molar-refractivity contribution < 1.29 is 14.7 Å². The van der Waals surface area contributed by atoms with Crippen LogP contribution in [0.5, 0.6) is 0 Å². The Labute approximate surface area is 256 Å². The molecule has 1 saturated heterocycles. The summed E-state index contributed by atoms with van der Waals surface area (Å²) >= 11 is 0. The summed E-state index contributed by atoms with van der Waals surface area (Å²) in [5.74, 6) is 0.132. The third-order valence-corrected chi connectivity index (χ3v) is 9.07. The first-order chi connectivity index (χ1) is 21.0. The zero-order valence-electron chi connectivity index (χ0n) is 25.5. The van der Waals surface area contributed by atoms with Crippen LogP contribution in [0.2, 0.25) is 0 Å². The lowest BCUT2D eigenvalue weighted by Crippen LogP contribution is -2.50. The van der Waals surface area contributed by atoms with Gasteiger partial charge in [-0.3, -0.25) is 9.59 Å². The summed E-state index contributed by atoms with van der Waals surface area (Å²) in [6, 6.07) is 26.2. The number of aliphatic hydroxyl groups is 1. The first kappa shape index (κ1) is 31.0. The molecule has 0 aromatic heterocycles. The number of amides is 2. The van der Waals surface area contributed by atoms with Crippen LogP contribution in [0, 0.1) is 0 Å². The van der Waals surface area contributed by atoms with E-state index in [0.29, 0.717) is 37.5 Å². The Bertz CT molecular complexity index is 1320. The summed E-state index contributed by atoms with van der Waals surface area (Å²) in [4.78, 5) is 28.9. The predicted molar refractivity (Wildman–Crippen MR) is 173 cm³/mol. The molecule has 0 spiro atoms. The normalized spacial score (nSPS) is 19.2. The molecule has 228 valence electrons. The smallest absolute Gasteiger partial charge is 0.251 e. The van der Waals surface area contributed by atoms with Crippen molar-refractivity contribution in [1.82, 2.24) is 10.6 Å². The molecule has 1 aliphatic heterocycles. The van der Waals surface area contributed by atoms with Crippen molar-refractivity contribution in [2.75, 3.05) is 18.0 Å². The molecule has 3 aromatic rings. The largest absolute Gasteiger partial charge is 0.390 e. The molecule has 5 rings (SSSR count). The van der Waals surface area contributed by atoms with Crippen molar-refractivity contribution in [3.8, 4) is 0 Å². The third-order valence-electron chi connectivity index (χ3n) is 9.07. The van der Waals surface area contributed by atoms with Gasteiger partial charge in [-0.25, -0.2) is 0 Å². The highest BCUT2D eigenvalue weighted by Crippen LogP contribution is 2.32. The van der Waals surface area contributed by atoms with E-state index in [-0.39, 0.29) is 17.7 Å². The van der Waals surface area contributed by atoms with Gasteiger partial charge in [0.25, 0.3) is 5.91 Å². The van der Waals surface area contributed by atoms with Gasteiger partial charge in [0.15, 0.2) is 0 Å². The van der Waals surface area contributed by atoms with Gasteiger partial charge in [-0.05, 0) is 67.0 Å². The number of nitrogens with zero attached hydrogens (tertiary/aromatic N) is 1. The average molecular weight is 582 g/mol. The number of rotatable bonds is 12. The predicted octanol–water partition coefficient (Wildman–Crippen LogP) is 6.17. The fraction of sp³-hybridized carbons (Fsp3) is 0.459. The van der Waals surface area contributed by atoms with Gasteiger partial charge in [0.05, 0.1) is 12.1 Å². The van der Waals surface area contributed by atoms with Crippen molar-refractivity contribution in [2.24, 2.45) is 0 Å². The number of hydrogen-bond donors (Lipinski definition) is 3. The minimum absolute atomic E-state index is 0.0957. The van der Waals surface area contributed by atoms with Crippen molar-refractivity contribution in [3.63, 3.8) is 0 Å². The summed E-state index contributed by atoms with van der Waals surface area (Å²) in [5.41, 5.74) is 4.65. The van der Waals surface area contributed by atoms with Crippen molar-refractivity contribution in [1.29, 1.82) is 0 Å². The average Bonchev–Trinajstić information content (AvgIpc) is 3.05. The number of nitrogens with one attached hydrogen (secondary N) is 2. The van der Waals surface area contributed by atoms with Gasteiger partial charge in [0, 0.05) is 42.7 Å². The number of aryl methyl sites for hydroxylation is 1. The van der Waals surface area contributed by atoms with Crippen LogP contribution >= 0.6 is 0 Å². The molecule has 3 atom stereocenters. The number of carbonyl (C=O) groups excluding carboxylic acids is 2. The van der Waals surface area contributed by atoms with Crippen LogP contribution in [0.3, 0.4) is 0 Å². The third kappa shape index (κ3) is 8.55. The lowest BCUT2D eigenvalue weighted by molar-refractivity contribution is -0.119. The van der Waals surface area contributed by atoms with Gasteiger partial charge in [0.2, 0.25) is 5.91 Å². The Hall–Kier alpha value is -3.48. The maximum atomic E-state index is 13.9. The Morgan fingerprint density at radius 3 is 2.37 bits per heavy atom. The van der Waals surface area contributed by atoms with Crippen LogP contribution in [0.15, 0.2) is 78.9 Å². The number of hydrogen-bond acceptors (Lipinski definition) is 4. The molecule has 3 N–H and O–H groups in total. The van der Waals surface area contributed by atoms with E-state index in [2.05, 4.69) is 35.8 Å². The lowest BCUT2D eigenvalue weighted by Gasteiger charge is -2.33. The van der Waals surface area contributed by atoms with Gasteiger partial charge >= 0.3 is 0 Å². The molecule has 2 fully saturated rings. The fourth-order valence-corrected chi connectivity index (χ4v) is 6.63. The molecular formula is C37H47N3O3. The van der Waals surface area contributed by atoms with Crippen molar-refractivity contribution >= 4 is 17.5 Å². The molecule has 1 saturated carbocycles. The molecule has 6 heteroatoms. The van der Waals surface area contributed by atoms with E-state index < -0.39 is 12.1 Å². The van der Waals surface area contributed by atoms with Crippen LogP contribution in [-0.2, 0) is 17.6 Å². The number of piperidine rings is 1. The summed E-state index contributed by atoms with van der Waals surface area (Å²) < 4.78 is 0. The minimum atomic E-state index is -0.736. The van der Waals surface area contributed by atoms with E-state index in [9.17, 15) is 14.7 Å². The fourth-order valence-electron chi connectivity index (χ4n) is 6.63. The molecule has 3 aromatic carbocycles. The van der Waals surface area contributed by atoms with Crippen LogP contribution in [0.1, 0.15) is 91.3 Å². The molecule has 0 radical (unpaired) electrons. The summed E-state index contributed by atoms with van der Waals surface area (Å²) in [6.07, 6.45) is 8.86. The van der Waals surface area contributed by atoms with Gasteiger partial charge in [-0.1, -0.05) is 93.3 Å². The molecule has 6 nitrogen and oxygen atoms in total. The minimum Gasteiger partial charge on any atom is -0.390 e. The van der Waals surface area contributed by atoms with E-state index in [0.717, 1.165) is 48.9 Å². The molecule has 0 bridgehead atoms.